The Kier molecular flexibility index (Phi) is 5.65. The molecule has 0 fully saturated rings. The Labute approximate surface area is 157 Å². The average molecular weight is 426 g/mol. The van der Waals surface area contributed by atoms with E-state index in [-0.39, 0.29) is 11.1 Å². The summed E-state index contributed by atoms with van der Waals surface area (Å²) in [5.74, 6) is -2.78. The lowest BCUT2D eigenvalue weighted by molar-refractivity contribution is -0.155. The summed E-state index contributed by atoms with van der Waals surface area (Å²) >= 11 is 3.21. The molecular weight excluding hydrogens is 409 g/mol. The quantitative estimate of drug-likeness (QED) is 0.757. The number of carbonyl (C=O) groups is 2. The van der Waals surface area contributed by atoms with E-state index in [4.69, 9.17) is 4.74 Å². The highest BCUT2D eigenvalue weighted by atomic mass is 79.9. The summed E-state index contributed by atoms with van der Waals surface area (Å²) in [4.78, 5) is 35.8. The van der Waals surface area contributed by atoms with Crippen LogP contribution in [0.25, 0.3) is 11.1 Å². The Hall–Kier alpha value is -2.48. The summed E-state index contributed by atoms with van der Waals surface area (Å²) in [7, 11) is 0. The second-order valence-corrected chi connectivity index (χ2v) is 7.42. The first-order valence-electron chi connectivity index (χ1n) is 7.63. The molecule has 2 aromatic rings. The topological polar surface area (TPSA) is 85.6 Å². The monoisotopic (exact) mass is 425 g/mol. The third kappa shape index (κ3) is 4.57. The molecule has 0 atom stereocenters. The first-order chi connectivity index (χ1) is 12.0. The van der Waals surface area contributed by atoms with Crippen molar-refractivity contribution in [1.29, 1.82) is 0 Å². The predicted octanol–water partition coefficient (Wildman–Crippen LogP) is 3.46. The normalized spacial score (nSPS) is 11.3. The molecule has 2 rings (SSSR count). The molecule has 138 valence electrons. The van der Waals surface area contributed by atoms with Gasteiger partial charge in [0.1, 0.15) is 23.5 Å². The van der Waals surface area contributed by atoms with Gasteiger partial charge in [-0.15, -0.1) is 0 Å². The number of hydrogen-bond acceptors (Lipinski definition) is 4. The van der Waals surface area contributed by atoms with Gasteiger partial charge in [-0.25, -0.2) is 9.18 Å². The first-order valence-corrected chi connectivity index (χ1v) is 8.43. The molecule has 26 heavy (non-hydrogen) atoms. The zero-order chi connectivity index (χ0) is 19.6. The summed E-state index contributed by atoms with van der Waals surface area (Å²) in [5.41, 5.74) is -1.97. The molecule has 0 bridgehead atoms. The van der Waals surface area contributed by atoms with Crippen LogP contribution in [0.5, 0.6) is 0 Å². The number of carboxylic acids is 1. The highest BCUT2D eigenvalue weighted by Crippen LogP contribution is 2.30. The number of esters is 1. The zero-order valence-corrected chi connectivity index (χ0v) is 16.0. The summed E-state index contributed by atoms with van der Waals surface area (Å²) < 4.78 is 20.7. The van der Waals surface area contributed by atoms with Crippen LogP contribution in [0, 0.1) is 5.82 Å². The molecule has 0 aliphatic heterocycles. The molecular formula is C18H17BrFNO5. The van der Waals surface area contributed by atoms with Crippen molar-refractivity contribution in [3.8, 4) is 11.1 Å². The van der Waals surface area contributed by atoms with Gasteiger partial charge in [-0.2, -0.15) is 0 Å². The fourth-order valence-electron chi connectivity index (χ4n) is 2.33. The van der Waals surface area contributed by atoms with Gasteiger partial charge in [-0.1, -0.05) is 22.0 Å². The maximum atomic E-state index is 14.2. The minimum Gasteiger partial charge on any atom is -0.477 e. The van der Waals surface area contributed by atoms with E-state index in [9.17, 15) is 23.9 Å². The van der Waals surface area contributed by atoms with E-state index in [1.807, 2.05) is 0 Å². The number of aromatic nitrogens is 1. The molecule has 6 nitrogen and oxygen atoms in total. The minimum absolute atomic E-state index is 0.0907. The summed E-state index contributed by atoms with van der Waals surface area (Å²) in [6.45, 7) is 4.52. The molecule has 1 aromatic heterocycles. The minimum atomic E-state index is -1.47. The number of ether oxygens (including phenoxy) is 1. The van der Waals surface area contributed by atoms with Crippen LogP contribution < -0.4 is 5.56 Å². The van der Waals surface area contributed by atoms with Crippen LogP contribution in [0.15, 0.2) is 39.7 Å². The van der Waals surface area contributed by atoms with Gasteiger partial charge < -0.3 is 14.4 Å². The van der Waals surface area contributed by atoms with Gasteiger partial charge in [0.25, 0.3) is 5.56 Å². The molecule has 0 unspecified atom stereocenters. The van der Waals surface area contributed by atoms with Gasteiger partial charge in [-0.05, 0) is 39.0 Å². The standard InChI is InChI=1S/C18H17BrFNO5/c1-18(2,3)26-14(22)9-21-8-10(7-11(16(21)23)17(24)25)15-12(19)5-4-6-13(15)20/h4-8H,9H2,1-3H3,(H,24,25). The first kappa shape index (κ1) is 19.8. The summed E-state index contributed by atoms with van der Waals surface area (Å²) in [5, 5.41) is 9.29. The van der Waals surface area contributed by atoms with Crippen molar-refractivity contribution in [3.05, 3.63) is 56.7 Å². The van der Waals surface area contributed by atoms with Crippen LogP contribution in [0.3, 0.4) is 0 Å². The Morgan fingerprint density at radius 2 is 1.96 bits per heavy atom. The maximum absolute atomic E-state index is 14.2. The highest BCUT2D eigenvalue weighted by Gasteiger charge is 2.21. The third-order valence-corrected chi connectivity index (χ3v) is 3.95. The molecule has 0 aliphatic rings. The van der Waals surface area contributed by atoms with Gasteiger partial charge in [0.15, 0.2) is 0 Å². The molecule has 0 amide bonds. The number of rotatable bonds is 4. The number of hydrogen-bond donors (Lipinski definition) is 1. The zero-order valence-electron chi connectivity index (χ0n) is 14.4. The lowest BCUT2D eigenvalue weighted by Gasteiger charge is -2.20. The fourth-order valence-corrected chi connectivity index (χ4v) is 2.90. The van der Waals surface area contributed by atoms with E-state index in [0.717, 1.165) is 10.6 Å². The number of halogens is 2. The van der Waals surface area contributed by atoms with Gasteiger partial charge in [-0.3, -0.25) is 9.59 Å². The highest BCUT2D eigenvalue weighted by molar-refractivity contribution is 9.10. The lowest BCUT2D eigenvalue weighted by Crippen LogP contribution is -2.32. The number of carbonyl (C=O) groups excluding carboxylic acids is 1. The molecule has 8 heteroatoms. The Morgan fingerprint density at radius 1 is 1.31 bits per heavy atom. The van der Waals surface area contributed by atoms with Crippen molar-refractivity contribution >= 4 is 27.9 Å². The van der Waals surface area contributed by atoms with Crippen LogP contribution in [0.4, 0.5) is 4.39 Å². The largest absolute Gasteiger partial charge is 0.477 e. The lowest BCUT2D eigenvalue weighted by atomic mass is 10.0. The van der Waals surface area contributed by atoms with E-state index in [0.29, 0.717) is 4.47 Å². The van der Waals surface area contributed by atoms with Crippen LogP contribution in [0.1, 0.15) is 31.1 Å². The van der Waals surface area contributed by atoms with Crippen molar-refractivity contribution in [1.82, 2.24) is 4.57 Å². The maximum Gasteiger partial charge on any atom is 0.341 e. The van der Waals surface area contributed by atoms with Gasteiger partial charge in [0.2, 0.25) is 0 Å². The van der Waals surface area contributed by atoms with E-state index in [2.05, 4.69) is 15.9 Å². The van der Waals surface area contributed by atoms with E-state index in [1.54, 1.807) is 26.8 Å². The molecule has 0 spiro atoms. The number of carboxylic acid groups (broad SMARTS) is 1. The van der Waals surface area contributed by atoms with Crippen molar-refractivity contribution in [2.75, 3.05) is 0 Å². The second-order valence-electron chi connectivity index (χ2n) is 6.56. The number of benzene rings is 1. The van der Waals surface area contributed by atoms with Crippen LogP contribution in [0.2, 0.25) is 0 Å². The van der Waals surface area contributed by atoms with Crippen molar-refractivity contribution in [2.24, 2.45) is 0 Å². The smallest absolute Gasteiger partial charge is 0.341 e. The van der Waals surface area contributed by atoms with Crippen molar-refractivity contribution in [2.45, 2.75) is 32.9 Å². The Balaban J connectivity index is 2.59. The van der Waals surface area contributed by atoms with E-state index >= 15 is 0 Å². The third-order valence-electron chi connectivity index (χ3n) is 3.29. The van der Waals surface area contributed by atoms with Crippen molar-refractivity contribution < 1.29 is 23.8 Å². The Morgan fingerprint density at radius 3 is 2.50 bits per heavy atom. The predicted molar refractivity (Wildman–Crippen MR) is 96.6 cm³/mol. The van der Waals surface area contributed by atoms with Gasteiger partial charge >= 0.3 is 11.9 Å². The number of aromatic carboxylic acids is 1. The summed E-state index contributed by atoms with van der Waals surface area (Å²) in [6, 6.07) is 5.36. The van der Waals surface area contributed by atoms with Crippen molar-refractivity contribution in [3.63, 3.8) is 0 Å². The fraction of sp³-hybridized carbons (Fsp3) is 0.278. The average Bonchev–Trinajstić information content (AvgIpc) is 2.47. The van der Waals surface area contributed by atoms with Gasteiger partial charge in [0, 0.05) is 21.8 Å². The van der Waals surface area contributed by atoms with Crippen LogP contribution >= 0.6 is 15.9 Å². The molecule has 0 saturated heterocycles. The van der Waals surface area contributed by atoms with Crippen LogP contribution in [-0.4, -0.2) is 27.2 Å². The molecule has 0 radical (unpaired) electrons. The SMILES string of the molecule is CC(C)(C)OC(=O)Cn1cc(-c2c(F)cccc2Br)cc(C(=O)O)c1=O. The van der Waals surface area contributed by atoms with E-state index < -0.39 is 41.0 Å². The van der Waals surface area contributed by atoms with Gasteiger partial charge in [0.05, 0.1) is 0 Å². The molecule has 0 saturated carbocycles. The Bertz CT molecular complexity index is 910. The van der Waals surface area contributed by atoms with Crippen LogP contribution in [-0.2, 0) is 16.1 Å². The van der Waals surface area contributed by atoms with E-state index in [1.165, 1.54) is 18.3 Å². The molecule has 1 N–H and O–H groups in total. The second kappa shape index (κ2) is 7.41. The molecule has 1 aromatic carbocycles. The number of nitrogens with zero attached hydrogens (tertiary/aromatic N) is 1. The molecule has 1 heterocycles. The summed E-state index contributed by atoms with van der Waals surface area (Å²) in [6.07, 6.45) is 1.24. The molecule has 0 aliphatic carbocycles. The number of pyridine rings is 1.